The van der Waals surface area contributed by atoms with Gasteiger partial charge in [-0.25, -0.2) is 0 Å². The second kappa shape index (κ2) is 8.37. The van der Waals surface area contributed by atoms with Crippen LogP contribution in [0.25, 0.3) is 0 Å². The third-order valence-electron chi connectivity index (χ3n) is 4.06. The lowest BCUT2D eigenvalue weighted by molar-refractivity contribution is 0.0954. The van der Waals surface area contributed by atoms with Crippen LogP contribution in [0.4, 0.5) is 0 Å². The Kier molecular flexibility index (Phi) is 6.21. The van der Waals surface area contributed by atoms with Crippen LogP contribution in [0.2, 0.25) is 0 Å². The molecule has 0 saturated heterocycles. The van der Waals surface area contributed by atoms with E-state index >= 15 is 0 Å². The molecule has 0 bridgehead atoms. The van der Waals surface area contributed by atoms with Crippen molar-refractivity contribution >= 4 is 5.78 Å². The molecule has 2 aromatic rings. The topological polar surface area (TPSA) is 35.5 Å². The van der Waals surface area contributed by atoms with E-state index in [1.807, 2.05) is 48.5 Å². The summed E-state index contributed by atoms with van der Waals surface area (Å²) in [6.07, 6.45) is 2.95. The molecule has 0 aliphatic heterocycles. The van der Waals surface area contributed by atoms with E-state index in [1.54, 1.807) is 14.2 Å². The van der Waals surface area contributed by atoms with Gasteiger partial charge in [0.15, 0.2) is 5.78 Å². The van der Waals surface area contributed by atoms with Crippen LogP contribution < -0.4 is 9.47 Å². The predicted molar refractivity (Wildman–Crippen MR) is 92.6 cm³/mol. The highest BCUT2D eigenvalue weighted by molar-refractivity contribution is 6.01. The van der Waals surface area contributed by atoms with Gasteiger partial charge in [-0.3, -0.25) is 4.79 Å². The van der Waals surface area contributed by atoms with Gasteiger partial charge in [0.05, 0.1) is 14.2 Å². The van der Waals surface area contributed by atoms with Crippen molar-refractivity contribution in [1.29, 1.82) is 0 Å². The fourth-order valence-corrected chi connectivity index (χ4v) is 2.65. The average molecular weight is 312 g/mol. The van der Waals surface area contributed by atoms with Crippen molar-refractivity contribution in [2.24, 2.45) is 0 Å². The number of ether oxygens (including phenoxy) is 2. The van der Waals surface area contributed by atoms with Crippen molar-refractivity contribution in [2.45, 2.75) is 32.1 Å². The first-order valence-corrected chi connectivity index (χ1v) is 8.01. The Morgan fingerprint density at radius 1 is 0.913 bits per heavy atom. The fraction of sp³-hybridized carbons (Fsp3) is 0.350. The van der Waals surface area contributed by atoms with Crippen LogP contribution in [-0.2, 0) is 0 Å². The summed E-state index contributed by atoms with van der Waals surface area (Å²) < 4.78 is 10.4. The highest BCUT2D eigenvalue weighted by Gasteiger charge is 2.21. The molecule has 0 spiro atoms. The number of hydrogen-bond donors (Lipinski definition) is 0. The van der Waals surface area contributed by atoms with E-state index in [9.17, 15) is 4.79 Å². The highest BCUT2D eigenvalue weighted by Crippen LogP contribution is 2.28. The minimum Gasteiger partial charge on any atom is -0.497 e. The van der Waals surface area contributed by atoms with Gasteiger partial charge in [-0.15, -0.1) is 0 Å². The van der Waals surface area contributed by atoms with Crippen LogP contribution in [0, 0.1) is 0 Å². The molecule has 122 valence electrons. The molecule has 0 saturated carbocycles. The van der Waals surface area contributed by atoms with Gasteiger partial charge in [0.2, 0.25) is 0 Å². The van der Waals surface area contributed by atoms with Gasteiger partial charge >= 0.3 is 0 Å². The molecule has 2 aromatic carbocycles. The SMILES string of the molecule is CCCCC(C(=O)c1ccc(OC)cc1)c1ccc(OC)cc1. The molecule has 0 amide bonds. The minimum atomic E-state index is -0.116. The van der Waals surface area contributed by atoms with Crippen molar-refractivity contribution in [3.05, 3.63) is 59.7 Å². The zero-order valence-corrected chi connectivity index (χ0v) is 14.0. The van der Waals surface area contributed by atoms with Crippen molar-refractivity contribution in [2.75, 3.05) is 14.2 Å². The standard InChI is InChI=1S/C20H24O3/c1-4-5-6-19(15-7-11-17(22-2)12-8-15)20(21)16-9-13-18(23-3)14-10-16/h7-14,19H,4-6H2,1-3H3. The Bertz CT molecular complexity index is 614. The van der Waals surface area contributed by atoms with Crippen LogP contribution in [-0.4, -0.2) is 20.0 Å². The van der Waals surface area contributed by atoms with E-state index in [0.717, 1.165) is 41.9 Å². The van der Waals surface area contributed by atoms with Crippen molar-refractivity contribution < 1.29 is 14.3 Å². The summed E-state index contributed by atoms with van der Waals surface area (Å²) in [5, 5.41) is 0. The second-order valence-corrected chi connectivity index (χ2v) is 5.56. The van der Waals surface area contributed by atoms with Crippen molar-refractivity contribution in [1.82, 2.24) is 0 Å². The van der Waals surface area contributed by atoms with Gasteiger partial charge in [-0.2, -0.15) is 0 Å². The summed E-state index contributed by atoms with van der Waals surface area (Å²) in [7, 11) is 3.27. The maximum absolute atomic E-state index is 12.9. The zero-order valence-electron chi connectivity index (χ0n) is 14.0. The Hall–Kier alpha value is -2.29. The summed E-state index contributed by atoms with van der Waals surface area (Å²) in [6.45, 7) is 2.14. The van der Waals surface area contributed by atoms with Gasteiger partial charge in [-0.1, -0.05) is 31.9 Å². The molecule has 3 heteroatoms. The van der Waals surface area contributed by atoms with Crippen LogP contribution in [0.15, 0.2) is 48.5 Å². The van der Waals surface area contributed by atoms with Gasteiger partial charge in [0.25, 0.3) is 0 Å². The van der Waals surface area contributed by atoms with Crippen LogP contribution in [0.3, 0.4) is 0 Å². The number of ketones is 1. The lowest BCUT2D eigenvalue weighted by Gasteiger charge is -2.17. The first kappa shape index (κ1) is 17.1. The minimum absolute atomic E-state index is 0.116. The summed E-state index contributed by atoms with van der Waals surface area (Å²) in [5.41, 5.74) is 1.77. The first-order valence-electron chi connectivity index (χ1n) is 8.01. The predicted octanol–water partition coefficient (Wildman–Crippen LogP) is 4.86. The van der Waals surface area contributed by atoms with Crippen LogP contribution in [0.5, 0.6) is 11.5 Å². The van der Waals surface area contributed by atoms with Gasteiger partial charge in [0, 0.05) is 11.5 Å². The molecule has 1 unspecified atom stereocenters. The number of benzene rings is 2. The molecular formula is C20H24O3. The van der Waals surface area contributed by atoms with E-state index in [0.29, 0.717) is 0 Å². The summed E-state index contributed by atoms with van der Waals surface area (Å²) in [4.78, 5) is 12.9. The molecular weight excluding hydrogens is 288 g/mol. The fourth-order valence-electron chi connectivity index (χ4n) is 2.65. The summed E-state index contributed by atoms with van der Waals surface area (Å²) >= 11 is 0. The number of hydrogen-bond acceptors (Lipinski definition) is 3. The molecule has 0 N–H and O–H groups in total. The molecule has 1 atom stereocenters. The van der Waals surface area contributed by atoms with Crippen LogP contribution in [0.1, 0.15) is 48.0 Å². The molecule has 0 aliphatic carbocycles. The number of methoxy groups -OCH3 is 2. The lowest BCUT2D eigenvalue weighted by atomic mass is 9.86. The largest absolute Gasteiger partial charge is 0.497 e. The molecule has 0 radical (unpaired) electrons. The Morgan fingerprint density at radius 2 is 1.43 bits per heavy atom. The van der Waals surface area contributed by atoms with Gasteiger partial charge < -0.3 is 9.47 Å². The van der Waals surface area contributed by atoms with E-state index in [2.05, 4.69) is 6.92 Å². The van der Waals surface area contributed by atoms with E-state index in [-0.39, 0.29) is 11.7 Å². The molecule has 0 fully saturated rings. The van der Waals surface area contributed by atoms with Crippen LogP contribution >= 0.6 is 0 Å². The maximum Gasteiger partial charge on any atom is 0.170 e. The molecule has 23 heavy (non-hydrogen) atoms. The number of carbonyl (C=O) groups is 1. The Morgan fingerprint density at radius 3 is 1.91 bits per heavy atom. The van der Waals surface area contributed by atoms with E-state index < -0.39 is 0 Å². The number of unbranched alkanes of at least 4 members (excludes halogenated alkanes) is 1. The van der Waals surface area contributed by atoms with Gasteiger partial charge in [0.1, 0.15) is 11.5 Å². The smallest absolute Gasteiger partial charge is 0.170 e. The van der Waals surface area contributed by atoms with E-state index in [4.69, 9.17) is 9.47 Å². The lowest BCUT2D eigenvalue weighted by Crippen LogP contribution is -2.13. The van der Waals surface area contributed by atoms with Gasteiger partial charge in [-0.05, 0) is 48.4 Å². The van der Waals surface area contributed by atoms with Crippen molar-refractivity contribution in [3.63, 3.8) is 0 Å². The molecule has 0 heterocycles. The zero-order chi connectivity index (χ0) is 16.7. The molecule has 3 nitrogen and oxygen atoms in total. The number of Topliss-reactive ketones (excluding diaryl/α,β-unsaturated/α-hetero) is 1. The molecule has 0 aliphatic rings. The average Bonchev–Trinajstić information content (AvgIpc) is 2.62. The first-order chi connectivity index (χ1) is 11.2. The quantitative estimate of drug-likeness (QED) is 0.653. The normalized spacial score (nSPS) is 11.8. The summed E-state index contributed by atoms with van der Waals surface area (Å²) in [6, 6.07) is 15.1. The maximum atomic E-state index is 12.9. The monoisotopic (exact) mass is 312 g/mol. The second-order valence-electron chi connectivity index (χ2n) is 5.56. The Labute approximate surface area is 138 Å². The van der Waals surface area contributed by atoms with Crippen molar-refractivity contribution in [3.8, 4) is 11.5 Å². The third kappa shape index (κ3) is 4.35. The number of rotatable bonds is 8. The number of carbonyl (C=O) groups excluding carboxylic acids is 1. The Balaban J connectivity index is 2.26. The molecule has 0 aromatic heterocycles. The van der Waals surface area contributed by atoms with E-state index in [1.165, 1.54) is 0 Å². The summed E-state index contributed by atoms with van der Waals surface area (Å²) in [5.74, 6) is 1.61. The molecule has 2 rings (SSSR count). The highest BCUT2D eigenvalue weighted by atomic mass is 16.5. The third-order valence-corrected chi connectivity index (χ3v) is 4.06.